The van der Waals surface area contributed by atoms with Crippen LogP contribution in [0.15, 0.2) is 54.6 Å². The summed E-state index contributed by atoms with van der Waals surface area (Å²) in [4.78, 5) is 0. The molecule has 178 valence electrons. The third kappa shape index (κ3) is 19.0. The van der Waals surface area contributed by atoms with Crippen LogP contribution in [0.25, 0.3) is 27.3 Å². The van der Waals surface area contributed by atoms with Crippen molar-refractivity contribution in [3.05, 3.63) is 74.7 Å². The van der Waals surface area contributed by atoms with Gasteiger partial charge in [-0.1, -0.05) is 57.2 Å². The van der Waals surface area contributed by atoms with Crippen LogP contribution >= 0.6 is 24.8 Å². The molecule has 0 heterocycles. The Morgan fingerprint density at radius 1 is 0.935 bits per heavy atom. The molecule has 3 aromatic rings. The van der Waals surface area contributed by atoms with Crippen molar-refractivity contribution in [1.82, 2.24) is 0 Å². The molecule has 0 atom stereocenters. The maximum Gasteiger partial charge on any atom is -0.0771 e. The van der Waals surface area contributed by atoms with Gasteiger partial charge in [0.25, 0.3) is 0 Å². The van der Waals surface area contributed by atoms with Gasteiger partial charge in [-0.05, 0) is 19.6 Å². The van der Waals surface area contributed by atoms with Gasteiger partial charge in [0.1, 0.15) is 0 Å². The van der Waals surface area contributed by atoms with Gasteiger partial charge in [0, 0.05) is 6.61 Å². The smallest absolute Gasteiger partial charge is 0.0771 e. The van der Waals surface area contributed by atoms with Crippen LogP contribution < -0.4 is 0 Å². The molecule has 0 aromatic heterocycles. The molecular weight excluding hydrogens is 520 g/mol. The first-order valence-electron chi connectivity index (χ1n) is 9.58. The third-order valence-electron chi connectivity index (χ3n) is 3.20. The fourth-order valence-electron chi connectivity index (χ4n) is 2.28. The number of halogens is 2. The average molecular weight is 562 g/mol. The van der Waals surface area contributed by atoms with E-state index in [4.69, 9.17) is 10.2 Å². The van der Waals surface area contributed by atoms with Crippen LogP contribution in [0.1, 0.15) is 27.2 Å². The van der Waals surface area contributed by atoms with Gasteiger partial charge in [-0.2, -0.15) is 6.42 Å². The molecule has 1 N–H and O–H groups in total. The van der Waals surface area contributed by atoms with E-state index in [1.165, 1.54) is 45.8 Å². The Balaban J connectivity index is -0.000000179. The SMILES string of the molecule is CC(C)(C)[NH-].Cl.Cl.[CH2-]CCO[Si](C)(C)C.[CH2]=[Zr].[CH3-].c1ccc2c(c1)[cH-]c1ccccc12. The van der Waals surface area contributed by atoms with Crippen LogP contribution in [-0.4, -0.2) is 24.7 Å². The molecule has 0 spiro atoms. The monoisotopic (exact) mass is 559 g/mol. The van der Waals surface area contributed by atoms with Crippen LogP contribution in [0.2, 0.25) is 19.6 Å². The summed E-state index contributed by atoms with van der Waals surface area (Å²) in [6.07, 6.45) is 0.893. The van der Waals surface area contributed by atoms with E-state index in [-0.39, 0.29) is 37.8 Å². The molecule has 0 saturated carbocycles. The van der Waals surface area contributed by atoms with Crippen LogP contribution in [0.4, 0.5) is 0 Å². The standard InChI is InChI=1S/C13H9.C6H15OSi.C4H10N.CH3.CH2.2ClH.Zr/c1-3-7-12-10(5-1)9-11-6-2-4-8-13(11)12;1-5-6-7-8(2,3)4;1-4(2,3)5;;;;;/h1-9H;1,5-6H2,2-4H3;5H,1-3H3;1H3;1H2;2*1H;/q4*-1;;;;. The van der Waals surface area contributed by atoms with Gasteiger partial charge in [-0.25, -0.2) is 0 Å². The Kier molecular flexibility index (Phi) is 23.7. The van der Waals surface area contributed by atoms with Crippen LogP contribution in [0.3, 0.4) is 0 Å². The first-order chi connectivity index (χ1) is 13.0. The van der Waals surface area contributed by atoms with E-state index in [1.54, 1.807) is 0 Å². The van der Waals surface area contributed by atoms with Crippen LogP contribution in [-0.2, 0) is 28.7 Å². The quantitative estimate of drug-likeness (QED) is 0.232. The summed E-state index contributed by atoms with van der Waals surface area (Å²) in [5.41, 5.74) is 6.69. The third-order valence-corrected chi connectivity index (χ3v) is 4.27. The van der Waals surface area contributed by atoms with Gasteiger partial charge in [-0.15, -0.1) is 70.1 Å². The second-order valence-electron chi connectivity index (χ2n) is 8.38. The number of hydrogen-bond donors (Lipinski definition) is 0. The van der Waals surface area contributed by atoms with E-state index in [0.29, 0.717) is 0 Å². The minimum atomic E-state index is -1.22. The van der Waals surface area contributed by atoms with E-state index < -0.39 is 8.32 Å². The molecule has 0 amide bonds. The average Bonchev–Trinajstić information content (AvgIpc) is 2.99. The molecule has 0 fully saturated rings. The van der Waals surface area contributed by atoms with E-state index in [1.807, 2.05) is 20.8 Å². The summed E-state index contributed by atoms with van der Waals surface area (Å²) in [6, 6.07) is 19.3. The van der Waals surface area contributed by atoms with Crippen LogP contribution in [0.5, 0.6) is 0 Å². The minimum absolute atomic E-state index is 0. The second-order valence-corrected chi connectivity index (χ2v) is 12.9. The molecule has 31 heavy (non-hydrogen) atoms. The largest absolute Gasteiger partial charge is 0.358 e. The molecule has 3 rings (SSSR count). The Hall–Kier alpha value is -0.220. The topological polar surface area (TPSA) is 33.0 Å². The Morgan fingerprint density at radius 2 is 1.26 bits per heavy atom. The predicted octanol–water partition coefficient (Wildman–Crippen LogP) is 8.87. The van der Waals surface area contributed by atoms with E-state index in [2.05, 4.69) is 85.4 Å². The summed E-state index contributed by atoms with van der Waals surface area (Å²) >= 11 is 1.30. The fourth-order valence-corrected chi connectivity index (χ4v) is 3.04. The zero-order chi connectivity index (χ0) is 21.8. The van der Waals surface area contributed by atoms with Crippen molar-refractivity contribution in [2.45, 2.75) is 52.4 Å². The van der Waals surface area contributed by atoms with Crippen molar-refractivity contribution >= 4 is 58.9 Å². The molecule has 2 nitrogen and oxygen atoms in total. The molecular formula is C25H41Cl2NOSiZr-4. The first kappa shape index (κ1) is 38.1. The van der Waals surface area contributed by atoms with E-state index >= 15 is 0 Å². The molecule has 0 saturated heterocycles. The number of hydrogen-bond acceptors (Lipinski definition) is 1. The molecule has 0 unspecified atom stereocenters. The van der Waals surface area contributed by atoms with E-state index in [9.17, 15) is 0 Å². The minimum Gasteiger partial charge on any atom is -0.358 e. The van der Waals surface area contributed by atoms with Gasteiger partial charge in [0.2, 0.25) is 0 Å². The number of fused-ring (bicyclic) bond motifs is 3. The predicted molar refractivity (Wildman–Crippen MR) is 148 cm³/mol. The second kappa shape index (κ2) is 19.3. The van der Waals surface area contributed by atoms with Crippen LogP contribution in [0, 0.1) is 14.4 Å². The van der Waals surface area contributed by atoms with Crippen molar-refractivity contribution in [2.75, 3.05) is 6.61 Å². The normalized spacial score (nSPS) is 9.77. The van der Waals surface area contributed by atoms with Crippen molar-refractivity contribution < 1.29 is 28.7 Å². The van der Waals surface area contributed by atoms with E-state index in [0.717, 1.165) is 13.0 Å². The summed E-state index contributed by atoms with van der Waals surface area (Å²) in [5.74, 6) is 0. The Bertz CT molecular complexity index is 754. The Labute approximate surface area is 220 Å². The molecule has 3 aromatic carbocycles. The zero-order valence-corrected chi connectivity index (χ0v) is 25.3. The number of rotatable bonds is 3. The maximum atomic E-state index is 6.94. The summed E-state index contributed by atoms with van der Waals surface area (Å²) in [7, 11) is -1.22. The Morgan fingerprint density at radius 3 is 1.52 bits per heavy atom. The van der Waals surface area contributed by atoms with Crippen molar-refractivity contribution in [2.24, 2.45) is 0 Å². The molecule has 0 radical (unpaired) electrons. The number of nitrogens with one attached hydrogen (secondary N) is 1. The first-order valence-corrected chi connectivity index (χ1v) is 14.7. The molecule has 6 heteroatoms. The number of benzene rings is 2. The maximum absolute atomic E-state index is 6.94. The zero-order valence-electron chi connectivity index (χ0n) is 20.2. The van der Waals surface area contributed by atoms with Gasteiger partial charge >= 0.3 is 28.4 Å². The van der Waals surface area contributed by atoms with Gasteiger partial charge in [0.05, 0.1) is 0 Å². The summed E-state index contributed by atoms with van der Waals surface area (Å²) in [5, 5.41) is 5.39. The summed E-state index contributed by atoms with van der Waals surface area (Å²) < 4.78 is 8.79. The fraction of sp³-hybridized carbons (Fsp3) is 0.360. The van der Waals surface area contributed by atoms with Gasteiger partial charge < -0.3 is 24.5 Å². The molecule has 0 aliphatic heterocycles. The van der Waals surface area contributed by atoms with Crippen molar-refractivity contribution in [3.63, 3.8) is 0 Å². The molecule has 0 aliphatic rings. The van der Waals surface area contributed by atoms with Gasteiger partial charge in [-0.3, -0.25) is 0 Å². The molecule has 0 aliphatic carbocycles. The summed E-state index contributed by atoms with van der Waals surface area (Å²) in [6.45, 7) is 16.6. The van der Waals surface area contributed by atoms with Gasteiger partial charge in [0.15, 0.2) is 8.32 Å². The van der Waals surface area contributed by atoms with Crippen molar-refractivity contribution in [3.8, 4) is 0 Å². The van der Waals surface area contributed by atoms with Crippen molar-refractivity contribution in [1.29, 1.82) is 0 Å². The molecule has 0 bridgehead atoms.